The van der Waals surface area contributed by atoms with Crippen molar-refractivity contribution < 1.29 is 28.2 Å². The van der Waals surface area contributed by atoms with Gasteiger partial charge < -0.3 is 15.1 Å². The van der Waals surface area contributed by atoms with Gasteiger partial charge in [-0.25, -0.2) is 0 Å². The van der Waals surface area contributed by atoms with E-state index in [0.717, 1.165) is 19.3 Å². The molecule has 0 bridgehead atoms. The largest absolute Gasteiger partial charge is 0.418 e. The van der Waals surface area contributed by atoms with E-state index in [1.165, 1.54) is 24.3 Å². The summed E-state index contributed by atoms with van der Waals surface area (Å²) in [7, 11) is 0. The van der Waals surface area contributed by atoms with Crippen LogP contribution in [0.15, 0.2) is 24.3 Å². The molecule has 3 rings (SSSR count). The molecule has 1 atom stereocenters. The third kappa shape index (κ3) is 4.06. The molecule has 2 aliphatic rings. The first-order valence-corrected chi connectivity index (χ1v) is 9.99. The number of hydrogen-bond donors (Lipinski definition) is 2. The van der Waals surface area contributed by atoms with Crippen LogP contribution in [0.25, 0.3) is 0 Å². The lowest BCUT2D eigenvalue weighted by Gasteiger charge is -2.41. The van der Waals surface area contributed by atoms with Crippen LogP contribution in [0.5, 0.6) is 0 Å². The van der Waals surface area contributed by atoms with Crippen molar-refractivity contribution >= 4 is 11.6 Å². The highest BCUT2D eigenvalue weighted by molar-refractivity contribution is 6.00. The Morgan fingerprint density at radius 3 is 2.25 bits per heavy atom. The minimum absolute atomic E-state index is 0.00541. The van der Waals surface area contributed by atoms with Crippen LogP contribution < -0.4 is 4.90 Å². The Kier molecular flexibility index (Phi) is 5.79. The summed E-state index contributed by atoms with van der Waals surface area (Å²) in [6.07, 6.45) is -1.26. The second kappa shape index (κ2) is 7.67. The number of hydrogen-bond acceptors (Lipinski definition) is 3. The summed E-state index contributed by atoms with van der Waals surface area (Å²) in [5.74, 6) is -0.00541. The van der Waals surface area contributed by atoms with Crippen molar-refractivity contribution in [2.75, 3.05) is 11.4 Å². The number of unbranched alkanes of at least 4 members (excludes halogenated alkanes) is 1. The first kappa shape index (κ1) is 21.1. The van der Waals surface area contributed by atoms with E-state index in [-0.39, 0.29) is 11.5 Å². The molecule has 1 saturated carbocycles. The topological polar surface area (TPSA) is 60.8 Å². The molecule has 1 aliphatic carbocycles. The Bertz CT molecular complexity index is 694. The van der Waals surface area contributed by atoms with Crippen molar-refractivity contribution in [3.8, 4) is 0 Å². The van der Waals surface area contributed by atoms with E-state index < -0.39 is 23.3 Å². The van der Waals surface area contributed by atoms with Crippen LogP contribution >= 0.6 is 0 Å². The third-order valence-corrected chi connectivity index (χ3v) is 6.48. The zero-order chi connectivity index (χ0) is 20.6. The minimum atomic E-state index is -4.72. The lowest BCUT2D eigenvalue weighted by Crippen LogP contribution is -2.43. The Balaban J connectivity index is 1.68. The summed E-state index contributed by atoms with van der Waals surface area (Å²) >= 11 is 0. The first-order chi connectivity index (χ1) is 13.1. The highest BCUT2D eigenvalue weighted by Crippen LogP contribution is 2.49. The van der Waals surface area contributed by atoms with E-state index >= 15 is 0 Å². The van der Waals surface area contributed by atoms with Crippen LogP contribution in [-0.2, 0) is 4.79 Å². The number of aliphatic hydroxyl groups is 2. The smallest absolute Gasteiger partial charge is 0.390 e. The number of halogens is 3. The van der Waals surface area contributed by atoms with Crippen LogP contribution in [0.4, 0.5) is 18.9 Å². The molecule has 1 aromatic carbocycles. The molecule has 1 spiro atoms. The number of aliphatic hydroxyl groups excluding tert-OH is 1. The Morgan fingerprint density at radius 1 is 1.11 bits per heavy atom. The quantitative estimate of drug-likeness (QED) is 0.766. The highest BCUT2D eigenvalue weighted by Gasteiger charge is 2.51. The number of benzene rings is 1. The maximum absolute atomic E-state index is 13.1. The van der Waals surface area contributed by atoms with Gasteiger partial charge in [0.1, 0.15) is 0 Å². The van der Waals surface area contributed by atoms with Gasteiger partial charge in [0, 0.05) is 12.2 Å². The van der Waals surface area contributed by atoms with Gasteiger partial charge in [-0.15, -0.1) is 0 Å². The van der Waals surface area contributed by atoms with Crippen LogP contribution in [0, 0.1) is 5.41 Å². The zero-order valence-electron chi connectivity index (χ0n) is 16.1. The second-order valence-corrected chi connectivity index (χ2v) is 8.35. The normalized spacial score (nSPS) is 29.5. The maximum Gasteiger partial charge on any atom is 0.418 e. The summed E-state index contributed by atoms with van der Waals surface area (Å²) in [5, 5.41) is 20.1. The van der Waals surface area contributed by atoms with Crippen molar-refractivity contribution in [3.05, 3.63) is 29.8 Å². The molecule has 7 heteroatoms. The minimum Gasteiger partial charge on any atom is -0.390 e. The molecule has 156 valence electrons. The summed E-state index contributed by atoms with van der Waals surface area (Å²) < 4.78 is 37.9. The molecular weight excluding hydrogens is 371 g/mol. The monoisotopic (exact) mass is 399 g/mol. The fourth-order valence-electron chi connectivity index (χ4n) is 4.51. The number of alkyl halides is 3. The first-order valence-electron chi connectivity index (χ1n) is 9.99. The SMILES string of the molecule is CCCCC1(O)CCC2(CCN(c3ccc([C@@H](O)C(F)(F)F)cc3)C2=O)CC1. The van der Waals surface area contributed by atoms with Gasteiger partial charge in [-0.05, 0) is 56.2 Å². The molecule has 0 unspecified atom stereocenters. The molecular formula is C21H28F3NO3. The molecule has 28 heavy (non-hydrogen) atoms. The number of anilines is 1. The van der Waals surface area contributed by atoms with Crippen molar-refractivity contribution in [2.45, 2.75) is 76.2 Å². The van der Waals surface area contributed by atoms with E-state index in [9.17, 15) is 28.2 Å². The molecule has 2 fully saturated rings. The summed E-state index contributed by atoms with van der Waals surface area (Å²) in [6, 6.07) is 5.36. The van der Waals surface area contributed by atoms with Gasteiger partial charge >= 0.3 is 6.18 Å². The van der Waals surface area contributed by atoms with Gasteiger partial charge in [-0.2, -0.15) is 13.2 Å². The Labute approximate surface area is 163 Å². The molecule has 1 amide bonds. The van der Waals surface area contributed by atoms with Crippen molar-refractivity contribution in [2.24, 2.45) is 5.41 Å². The number of amides is 1. The lowest BCUT2D eigenvalue weighted by atomic mass is 9.66. The lowest BCUT2D eigenvalue weighted by molar-refractivity contribution is -0.206. The number of carbonyl (C=O) groups is 1. The van der Waals surface area contributed by atoms with E-state index in [0.29, 0.717) is 44.3 Å². The Morgan fingerprint density at radius 2 is 1.71 bits per heavy atom. The van der Waals surface area contributed by atoms with E-state index in [2.05, 4.69) is 6.92 Å². The zero-order valence-corrected chi connectivity index (χ0v) is 16.1. The molecule has 0 radical (unpaired) electrons. The predicted molar refractivity (Wildman–Crippen MR) is 99.8 cm³/mol. The number of nitrogens with zero attached hydrogens (tertiary/aromatic N) is 1. The van der Waals surface area contributed by atoms with Crippen LogP contribution in [0.3, 0.4) is 0 Å². The highest BCUT2D eigenvalue weighted by atomic mass is 19.4. The molecule has 1 aromatic rings. The van der Waals surface area contributed by atoms with Gasteiger partial charge in [0.25, 0.3) is 0 Å². The van der Waals surface area contributed by atoms with Crippen LogP contribution in [0.2, 0.25) is 0 Å². The second-order valence-electron chi connectivity index (χ2n) is 8.35. The van der Waals surface area contributed by atoms with E-state index in [4.69, 9.17) is 0 Å². The van der Waals surface area contributed by atoms with Crippen molar-refractivity contribution in [1.82, 2.24) is 0 Å². The predicted octanol–water partition coefficient (Wildman–Crippen LogP) is 4.50. The average Bonchev–Trinajstić information content (AvgIpc) is 2.98. The number of rotatable bonds is 5. The maximum atomic E-state index is 13.1. The molecule has 1 heterocycles. The fraction of sp³-hybridized carbons (Fsp3) is 0.667. The van der Waals surface area contributed by atoms with Crippen LogP contribution in [0.1, 0.15) is 70.0 Å². The molecule has 2 N–H and O–H groups in total. The summed E-state index contributed by atoms with van der Waals surface area (Å²) in [5.41, 5.74) is -0.837. The Hall–Kier alpha value is -1.60. The van der Waals surface area contributed by atoms with Gasteiger partial charge in [0.15, 0.2) is 6.10 Å². The molecule has 1 saturated heterocycles. The molecule has 4 nitrogen and oxygen atoms in total. The third-order valence-electron chi connectivity index (χ3n) is 6.48. The number of carbonyl (C=O) groups excluding carboxylic acids is 1. The van der Waals surface area contributed by atoms with Gasteiger partial charge in [0.05, 0.1) is 11.0 Å². The van der Waals surface area contributed by atoms with Crippen LogP contribution in [-0.4, -0.2) is 34.4 Å². The van der Waals surface area contributed by atoms with Gasteiger partial charge in [0.2, 0.25) is 5.91 Å². The fourth-order valence-corrected chi connectivity index (χ4v) is 4.51. The average molecular weight is 399 g/mol. The standard InChI is InChI=1S/C21H28F3NO3/c1-2-3-8-20(28)11-9-19(10-12-20)13-14-25(18(19)27)16-6-4-15(5-7-16)17(26)21(22,23)24/h4-7,17,26,28H,2-3,8-14H2,1H3/t17-,19?,20?/m1/s1. The van der Waals surface area contributed by atoms with Crippen molar-refractivity contribution in [1.29, 1.82) is 0 Å². The van der Waals surface area contributed by atoms with Gasteiger partial charge in [-0.1, -0.05) is 31.9 Å². The summed E-state index contributed by atoms with van der Waals surface area (Å²) in [6.45, 7) is 2.61. The van der Waals surface area contributed by atoms with E-state index in [1.54, 1.807) is 4.90 Å². The van der Waals surface area contributed by atoms with Gasteiger partial charge in [-0.3, -0.25) is 4.79 Å². The summed E-state index contributed by atoms with van der Waals surface area (Å²) in [4.78, 5) is 14.7. The molecule has 0 aromatic heterocycles. The van der Waals surface area contributed by atoms with Crippen molar-refractivity contribution in [3.63, 3.8) is 0 Å². The van der Waals surface area contributed by atoms with E-state index in [1.807, 2.05) is 0 Å². The molecule has 1 aliphatic heterocycles.